The first-order valence-corrected chi connectivity index (χ1v) is 10.6. The molecule has 35 heavy (non-hydrogen) atoms. The van der Waals surface area contributed by atoms with Gasteiger partial charge in [0.2, 0.25) is 0 Å². The highest BCUT2D eigenvalue weighted by Gasteiger charge is 2.40. The van der Waals surface area contributed by atoms with Gasteiger partial charge in [0.05, 0.1) is 28.5 Å². The summed E-state index contributed by atoms with van der Waals surface area (Å²) in [4.78, 5) is 11.5. The number of rotatable bonds is 6. The molecule has 0 spiro atoms. The van der Waals surface area contributed by atoms with Gasteiger partial charge in [0, 0.05) is 5.39 Å². The molecule has 2 atom stereocenters. The van der Waals surface area contributed by atoms with Gasteiger partial charge in [0.15, 0.2) is 0 Å². The summed E-state index contributed by atoms with van der Waals surface area (Å²) >= 11 is 5.73. The summed E-state index contributed by atoms with van der Waals surface area (Å²) in [6.07, 6.45) is -4.74. The lowest BCUT2D eigenvalue weighted by atomic mass is 10.0. The number of alkyl halides is 3. The Balaban J connectivity index is 1.66. The summed E-state index contributed by atoms with van der Waals surface area (Å²) in [5, 5.41) is 6.59. The van der Waals surface area contributed by atoms with E-state index in [2.05, 4.69) is 5.10 Å². The second-order valence-corrected chi connectivity index (χ2v) is 8.13. The lowest BCUT2D eigenvalue weighted by Crippen LogP contribution is -2.45. The Kier molecular flexibility index (Phi) is 6.66. The maximum absolute atomic E-state index is 14.1. The molecule has 0 aliphatic rings. The van der Waals surface area contributed by atoms with Crippen LogP contribution in [0.3, 0.4) is 0 Å². The molecule has 182 valence electrons. The zero-order chi connectivity index (χ0) is 25.3. The van der Waals surface area contributed by atoms with Crippen LogP contribution in [0.1, 0.15) is 18.6 Å². The molecular weight excluding hydrogens is 493 g/mol. The topological polar surface area (TPSA) is 56.1 Å². The van der Waals surface area contributed by atoms with E-state index < -0.39 is 35.9 Å². The average molecular weight is 510 g/mol. The lowest BCUT2D eigenvalue weighted by molar-refractivity contribution is -0.174. The number of amides is 1. The smallest absolute Gasteiger partial charge is 0.471 e. The Morgan fingerprint density at radius 3 is 2.43 bits per heavy atom. The van der Waals surface area contributed by atoms with Crippen LogP contribution in [0.5, 0.6) is 5.75 Å². The van der Waals surface area contributed by atoms with Crippen molar-refractivity contribution in [2.75, 3.05) is 0 Å². The van der Waals surface area contributed by atoms with E-state index in [1.807, 2.05) is 5.32 Å². The molecule has 0 radical (unpaired) electrons. The predicted octanol–water partition coefficient (Wildman–Crippen LogP) is 6.14. The van der Waals surface area contributed by atoms with Crippen molar-refractivity contribution in [1.29, 1.82) is 0 Å². The number of hydrogen-bond donors (Lipinski definition) is 1. The Morgan fingerprint density at radius 2 is 1.77 bits per heavy atom. The Morgan fingerprint density at radius 1 is 1.06 bits per heavy atom. The number of benzene rings is 3. The number of ether oxygens (including phenoxy) is 1. The predicted molar refractivity (Wildman–Crippen MR) is 119 cm³/mol. The standard InChI is InChI=1S/C24H17ClF5N3O2/c1-13(32-23(34)24(28,29)30)22(14-2-8-19(25)20(27)11-14)35-18-7-9-21-15(10-18)12-31-33(21)17-5-3-16(26)4-6-17/h2-13,22H,1H3,(H,32,34)/t13-,22+/m0/s1. The van der Waals surface area contributed by atoms with Crippen LogP contribution in [0.25, 0.3) is 16.6 Å². The van der Waals surface area contributed by atoms with Gasteiger partial charge >= 0.3 is 12.1 Å². The minimum atomic E-state index is -5.10. The summed E-state index contributed by atoms with van der Waals surface area (Å²) in [7, 11) is 0. The highest BCUT2D eigenvalue weighted by Crippen LogP contribution is 2.31. The molecular formula is C24H17ClF5N3O2. The number of carbonyl (C=O) groups excluding carboxylic acids is 1. The van der Waals surface area contributed by atoms with E-state index in [0.29, 0.717) is 16.6 Å². The number of nitrogens with zero attached hydrogens (tertiary/aromatic N) is 2. The normalized spacial score (nSPS) is 13.5. The number of nitrogens with one attached hydrogen (secondary N) is 1. The number of carbonyl (C=O) groups is 1. The third-order valence-electron chi connectivity index (χ3n) is 5.22. The van der Waals surface area contributed by atoms with Crippen molar-refractivity contribution in [3.8, 4) is 11.4 Å². The highest BCUT2D eigenvalue weighted by atomic mass is 35.5. The van der Waals surface area contributed by atoms with Crippen molar-refractivity contribution < 1.29 is 31.5 Å². The Hall–Kier alpha value is -3.66. The second kappa shape index (κ2) is 9.53. The van der Waals surface area contributed by atoms with E-state index in [-0.39, 0.29) is 16.3 Å². The lowest BCUT2D eigenvalue weighted by Gasteiger charge is -2.27. The van der Waals surface area contributed by atoms with Crippen molar-refractivity contribution in [3.05, 3.63) is 89.1 Å². The van der Waals surface area contributed by atoms with Crippen LogP contribution < -0.4 is 10.1 Å². The number of aromatic nitrogens is 2. The van der Waals surface area contributed by atoms with Crippen molar-refractivity contribution in [1.82, 2.24) is 15.1 Å². The monoisotopic (exact) mass is 509 g/mol. The molecule has 1 heterocycles. The SMILES string of the molecule is C[C@H](NC(=O)C(F)(F)F)[C@@H](Oc1ccc2c(cnn2-c2ccc(F)cc2)c1)c1ccc(Cl)c(F)c1. The van der Waals surface area contributed by atoms with Crippen LogP contribution in [-0.2, 0) is 4.79 Å². The molecule has 1 aromatic heterocycles. The molecule has 5 nitrogen and oxygen atoms in total. The van der Waals surface area contributed by atoms with Crippen LogP contribution in [-0.4, -0.2) is 27.9 Å². The molecule has 0 aliphatic heterocycles. The van der Waals surface area contributed by atoms with Gasteiger partial charge in [0.1, 0.15) is 23.5 Å². The van der Waals surface area contributed by atoms with E-state index in [1.165, 1.54) is 37.4 Å². The van der Waals surface area contributed by atoms with Crippen molar-refractivity contribution in [2.45, 2.75) is 25.2 Å². The molecule has 11 heteroatoms. The van der Waals surface area contributed by atoms with Crippen molar-refractivity contribution in [3.63, 3.8) is 0 Å². The molecule has 0 bridgehead atoms. The minimum Gasteiger partial charge on any atom is -0.484 e. The molecule has 4 rings (SSSR count). The van der Waals surface area contributed by atoms with E-state index >= 15 is 0 Å². The molecule has 4 aromatic rings. The zero-order valence-electron chi connectivity index (χ0n) is 18.0. The number of fused-ring (bicyclic) bond motifs is 1. The van der Waals surface area contributed by atoms with E-state index in [1.54, 1.807) is 35.0 Å². The number of halogens is 6. The van der Waals surface area contributed by atoms with Crippen LogP contribution in [0, 0.1) is 11.6 Å². The van der Waals surface area contributed by atoms with Gasteiger partial charge in [-0.3, -0.25) is 4.79 Å². The third-order valence-corrected chi connectivity index (χ3v) is 5.52. The van der Waals surface area contributed by atoms with E-state index in [9.17, 15) is 26.7 Å². The van der Waals surface area contributed by atoms with Gasteiger partial charge in [-0.2, -0.15) is 18.3 Å². The molecule has 0 fully saturated rings. The van der Waals surface area contributed by atoms with Crippen LogP contribution >= 0.6 is 11.6 Å². The van der Waals surface area contributed by atoms with Gasteiger partial charge in [-0.15, -0.1) is 0 Å². The van der Waals surface area contributed by atoms with E-state index in [0.717, 1.165) is 6.07 Å². The van der Waals surface area contributed by atoms with Gasteiger partial charge < -0.3 is 10.1 Å². The second-order valence-electron chi connectivity index (χ2n) is 7.73. The molecule has 0 aliphatic carbocycles. The maximum Gasteiger partial charge on any atom is 0.471 e. The largest absolute Gasteiger partial charge is 0.484 e. The van der Waals surface area contributed by atoms with Crippen LogP contribution in [0.2, 0.25) is 5.02 Å². The summed E-state index contributed by atoms with van der Waals surface area (Å²) < 4.78 is 73.3. The summed E-state index contributed by atoms with van der Waals surface area (Å²) in [6.45, 7) is 1.31. The molecule has 1 amide bonds. The fraction of sp³-hybridized carbons (Fsp3) is 0.167. The Bertz CT molecular complexity index is 1370. The van der Waals surface area contributed by atoms with Crippen LogP contribution in [0.15, 0.2) is 66.9 Å². The van der Waals surface area contributed by atoms with Gasteiger partial charge in [-0.1, -0.05) is 17.7 Å². The maximum atomic E-state index is 14.1. The summed E-state index contributed by atoms with van der Waals surface area (Å²) in [5.74, 6) is -3.09. The summed E-state index contributed by atoms with van der Waals surface area (Å²) in [6, 6.07) is 13.0. The number of hydrogen-bond acceptors (Lipinski definition) is 3. The zero-order valence-corrected chi connectivity index (χ0v) is 18.7. The van der Waals surface area contributed by atoms with Crippen molar-refractivity contribution >= 4 is 28.4 Å². The third kappa shape index (κ3) is 5.37. The Labute approximate surface area is 201 Å². The first kappa shape index (κ1) is 24.5. The molecule has 3 aromatic carbocycles. The van der Waals surface area contributed by atoms with Crippen LogP contribution in [0.4, 0.5) is 22.0 Å². The molecule has 0 unspecified atom stereocenters. The minimum absolute atomic E-state index is 0.170. The molecule has 0 saturated heterocycles. The molecule has 0 saturated carbocycles. The van der Waals surface area contributed by atoms with Gasteiger partial charge in [-0.05, 0) is 67.1 Å². The highest BCUT2D eigenvalue weighted by molar-refractivity contribution is 6.30. The first-order valence-electron chi connectivity index (χ1n) is 10.3. The first-order chi connectivity index (χ1) is 16.5. The van der Waals surface area contributed by atoms with Gasteiger partial charge in [0.25, 0.3) is 0 Å². The van der Waals surface area contributed by atoms with Gasteiger partial charge in [-0.25, -0.2) is 13.5 Å². The fourth-order valence-corrected chi connectivity index (χ4v) is 3.65. The fourth-order valence-electron chi connectivity index (χ4n) is 3.53. The summed E-state index contributed by atoms with van der Waals surface area (Å²) in [5.41, 5.74) is 1.45. The molecule has 1 N–H and O–H groups in total. The van der Waals surface area contributed by atoms with E-state index in [4.69, 9.17) is 16.3 Å². The average Bonchev–Trinajstić information content (AvgIpc) is 3.22. The quantitative estimate of drug-likeness (QED) is 0.317. The van der Waals surface area contributed by atoms with Crippen molar-refractivity contribution in [2.24, 2.45) is 0 Å².